The fourth-order valence-electron chi connectivity index (χ4n) is 5.35. The molecule has 2 saturated carbocycles. The standard InChI is InChI=1S/C17H29NO2.C12H8BrN3O.C2H2F3NO/c1-12-10-18(11-16(12,3)4)15(19)9-13(2)20-17(7-8-17)14-5-6-14;13-10-3-1-2-8-5-15-6-9(12(8)10)11(4-14)16-7-17;3-2(4,5)1(6)7/h12-14H,5-11H2,1-4H3;1-3,5-7,11H,(H,16,17);(H2,6,7)/t12?,13-;;/m1../s1. The number of ether oxygens (including phenoxy) is 1. The third-order valence-corrected chi connectivity index (χ3v) is 9.12. The number of carbonyl (C=O) groups is 3. The number of fused-ring (bicyclic) bond motifs is 1. The van der Waals surface area contributed by atoms with Gasteiger partial charge in [-0.15, -0.1) is 0 Å². The number of rotatable bonds is 8. The molecule has 2 unspecified atom stereocenters. The van der Waals surface area contributed by atoms with E-state index < -0.39 is 18.1 Å². The third kappa shape index (κ3) is 9.14. The lowest BCUT2D eigenvalue weighted by atomic mass is 9.84. The van der Waals surface area contributed by atoms with E-state index >= 15 is 0 Å². The number of amides is 3. The van der Waals surface area contributed by atoms with Crippen molar-refractivity contribution in [1.29, 1.82) is 5.26 Å². The predicted octanol–water partition coefficient (Wildman–Crippen LogP) is 5.57. The molecule has 1 aliphatic heterocycles. The van der Waals surface area contributed by atoms with E-state index in [1.165, 1.54) is 25.7 Å². The number of hydrogen-bond acceptors (Lipinski definition) is 6. The number of likely N-dealkylation sites (tertiary alicyclic amines) is 1. The number of alkyl halides is 3. The van der Waals surface area contributed by atoms with Crippen LogP contribution in [0.15, 0.2) is 35.1 Å². The Kier molecular flexibility index (Phi) is 11.4. The molecule has 5 rings (SSSR count). The first kappa shape index (κ1) is 35.2. The zero-order valence-electron chi connectivity index (χ0n) is 25.3. The summed E-state index contributed by atoms with van der Waals surface area (Å²) in [5, 5.41) is 13.3. The summed E-state index contributed by atoms with van der Waals surface area (Å²) in [7, 11) is 0. The maximum Gasteiger partial charge on any atom is 0.470 e. The van der Waals surface area contributed by atoms with Crippen LogP contribution in [-0.4, -0.2) is 59.1 Å². The van der Waals surface area contributed by atoms with Crippen LogP contribution in [0.4, 0.5) is 13.2 Å². The van der Waals surface area contributed by atoms with Crippen LogP contribution < -0.4 is 11.1 Å². The van der Waals surface area contributed by atoms with E-state index in [9.17, 15) is 22.8 Å². The van der Waals surface area contributed by atoms with Crippen LogP contribution in [0.25, 0.3) is 10.8 Å². The van der Waals surface area contributed by atoms with Crippen LogP contribution in [0.2, 0.25) is 0 Å². The van der Waals surface area contributed by atoms with Crippen LogP contribution >= 0.6 is 15.9 Å². The number of halogens is 4. The maximum absolute atomic E-state index is 12.4. The molecule has 13 heteroatoms. The van der Waals surface area contributed by atoms with Crippen LogP contribution in [0.3, 0.4) is 0 Å². The molecule has 9 nitrogen and oxygen atoms in total. The van der Waals surface area contributed by atoms with Crippen molar-refractivity contribution >= 4 is 44.9 Å². The van der Waals surface area contributed by atoms with Crippen LogP contribution in [-0.2, 0) is 19.1 Å². The fraction of sp³-hybridized carbons (Fsp3) is 0.581. The van der Waals surface area contributed by atoms with E-state index in [4.69, 9.17) is 14.8 Å². The van der Waals surface area contributed by atoms with Gasteiger partial charge in [0.2, 0.25) is 12.3 Å². The van der Waals surface area contributed by atoms with Gasteiger partial charge in [0.25, 0.3) is 0 Å². The van der Waals surface area contributed by atoms with Crippen molar-refractivity contribution in [1.82, 2.24) is 15.2 Å². The molecule has 0 spiro atoms. The summed E-state index contributed by atoms with van der Waals surface area (Å²) in [6, 6.07) is 7.04. The van der Waals surface area contributed by atoms with Gasteiger partial charge in [-0.25, -0.2) is 0 Å². The van der Waals surface area contributed by atoms with Gasteiger partial charge in [-0.1, -0.05) is 48.8 Å². The molecule has 0 radical (unpaired) electrons. The molecule has 1 aromatic heterocycles. The van der Waals surface area contributed by atoms with Crippen molar-refractivity contribution in [3.63, 3.8) is 0 Å². The van der Waals surface area contributed by atoms with Gasteiger partial charge in [0.1, 0.15) is 6.04 Å². The molecular weight excluding hydrogens is 643 g/mol. The zero-order chi connectivity index (χ0) is 32.9. The highest BCUT2D eigenvalue weighted by Crippen LogP contribution is 2.57. The SMILES string of the molecule is CC1CN(C(=O)C[C@@H](C)OC2(C3CC3)CC2)CC1(C)C.N#CC(NC=O)c1cncc2cccc(Br)c12.NC(=O)C(F)(F)F. The number of hydrogen-bond donors (Lipinski definition) is 2. The van der Waals surface area contributed by atoms with Crippen molar-refractivity contribution in [3.8, 4) is 6.07 Å². The number of pyridine rings is 1. The quantitative estimate of drug-likeness (QED) is 0.349. The first-order chi connectivity index (χ1) is 20.5. The van der Waals surface area contributed by atoms with Crippen molar-refractivity contribution < 1.29 is 32.3 Å². The molecule has 3 atom stereocenters. The second-order valence-electron chi connectivity index (χ2n) is 12.4. The second kappa shape index (κ2) is 14.2. The minimum atomic E-state index is -4.86. The minimum Gasteiger partial charge on any atom is -0.371 e. The average Bonchev–Trinajstić information content (AvgIpc) is 3.87. The lowest BCUT2D eigenvalue weighted by molar-refractivity contribution is -0.169. The molecule has 2 aliphatic carbocycles. The van der Waals surface area contributed by atoms with Crippen LogP contribution in [0.1, 0.15) is 71.4 Å². The molecular formula is C31H39BrF3N5O4. The third-order valence-electron chi connectivity index (χ3n) is 8.46. The summed E-state index contributed by atoms with van der Waals surface area (Å²) >= 11 is 3.44. The summed E-state index contributed by atoms with van der Waals surface area (Å²) in [6.45, 7) is 10.7. The normalized spacial score (nSPS) is 21.0. The van der Waals surface area contributed by atoms with Crippen molar-refractivity contribution in [3.05, 3.63) is 40.6 Å². The number of nitrogens with zero attached hydrogens (tertiary/aromatic N) is 3. The van der Waals surface area contributed by atoms with Gasteiger partial charge in [0.05, 0.1) is 24.2 Å². The average molecular weight is 683 g/mol. The summed E-state index contributed by atoms with van der Waals surface area (Å²) in [5.41, 5.74) is 4.92. The molecule has 3 aliphatic rings. The fourth-order valence-corrected chi connectivity index (χ4v) is 5.96. The second-order valence-corrected chi connectivity index (χ2v) is 13.3. The summed E-state index contributed by atoms with van der Waals surface area (Å²) in [6.07, 6.45) is 4.69. The van der Waals surface area contributed by atoms with E-state index in [0.717, 1.165) is 34.3 Å². The lowest BCUT2D eigenvalue weighted by Gasteiger charge is -2.25. The Bertz CT molecular complexity index is 1380. The number of primary amides is 1. The highest BCUT2D eigenvalue weighted by Gasteiger charge is 2.56. The maximum atomic E-state index is 12.4. The molecule has 240 valence electrons. The van der Waals surface area contributed by atoms with E-state index in [1.807, 2.05) is 29.2 Å². The molecule has 2 heterocycles. The molecule has 44 heavy (non-hydrogen) atoms. The summed E-state index contributed by atoms with van der Waals surface area (Å²) in [5.74, 6) is -0.594. The highest BCUT2D eigenvalue weighted by molar-refractivity contribution is 9.10. The zero-order valence-corrected chi connectivity index (χ0v) is 26.9. The molecule has 3 fully saturated rings. The Morgan fingerprint density at radius 3 is 2.41 bits per heavy atom. The van der Waals surface area contributed by atoms with E-state index in [2.05, 4.69) is 59.7 Å². The Balaban J connectivity index is 0.000000201. The van der Waals surface area contributed by atoms with Gasteiger partial charge in [-0.2, -0.15) is 18.4 Å². The lowest BCUT2D eigenvalue weighted by Crippen LogP contribution is -2.34. The first-order valence-electron chi connectivity index (χ1n) is 14.5. The van der Waals surface area contributed by atoms with E-state index in [-0.39, 0.29) is 23.0 Å². The van der Waals surface area contributed by atoms with Gasteiger partial charge in [-0.3, -0.25) is 19.4 Å². The Morgan fingerprint density at radius 2 is 1.93 bits per heavy atom. The largest absolute Gasteiger partial charge is 0.470 e. The van der Waals surface area contributed by atoms with Crippen molar-refractivity contribution in [2.24, 2.45) is 23.0 Å². The molecule has 0 bridgehead atoms. The van der Waals surface area contributed by atoms with Gasteiger partial charge in [0.15, 0.2) is 0 Å². The van der Waals surface area contributed by atoms with Crippen molar-refractivity contribution in [2.75, 3.05) is 13.1 Å². The Morgan fingerprint density at radius 1 is 1.30 bits per heavy atom. The van der Waals surface area contributed by atoms with E-state index in [1.54, 1.807) is 12.4 Å². The first-order valence-corrected chi connectivity index (χ1v) is 15.3. The van der Waals surface area contributed by atoms with Crippen LogP contribution in [0, 0.1) is 28.6 Å². The highest BCUT2D eigenvalue weighted by atomic mass is 79.9. The number of nitrogens with one attached hydrogen (secondary N) is 1. The molecule has 2 aromatic rings. The predicted molar refractivity (Wildman–Crippen MR) is 162 cm³/mol. The number of aromatic nitrogens is 1. The molecule has 3 N–H and O–H groups in total. The summed E-state index contributed by atoms with van der Waals surface area (Å²) < 4.78 is 39.2. The number of nitrogens with two attached hydrogens (primary N) is 1. The smallest absolute Gasteiger partial charge is 0.371 e. The molecule has 3 amide bonds. The summed E-state index contributed by atoms with van der Waals surface area (Å²) in [4.78, 5) is 38.1. The number of nitriles is 1. The molecule has 1 aromatic carbocycles. The van der Waals surface area contributed by atoms with Crippen LogP contribution in [0.5, 0.6) is 0 Å². The van der Waals surface area contributed by atoms with Crippen molar-refractivity contribution in [2.45, 2.75) is 83.7 Å². The minimum absolute atomic E-state index is 0.0737. The van der Waals surface area contributed by atoms with Gasteiger partial charge in [0, 0.05) is 46.3 Å². The monoisotopic (exact) mass is 681 g/mol. The number of benzene rings is 1. The van der Waals surface area contributed by atoms with Gasteiger partial charge in [-0.05, 0) is 55.9 Å². The number of carbonyl (C=O) groups excluding carboxylic acids is 3. The Labute approximate surface area is 263 Å². The van der Waals surface area contributed by atoms with E-state index in [0.29, 0.717) is 24.3 Å². The molecule has 1 saturated heterocycles. The Hall–Kier alpha value is -3.24. The van der Waals surface area contributed by atoms with Gasteiger partial charge < -0.3 is 20.7 Å². The topological polar surface area (TPSA) is 138 Å². The van der Waals surface area contributed by atoms with Gasteiger partial charge >= 0.3 is 12.1 Å².